The third kappa shape index (κ3) is 7.68. The van der Waals surface area contributed by atoms with Gasteiger partial charge in [-0.25, -0.2) is 0 Å². The molecular weight excluding hydrogens is 272 g/mol. The van der Waals surface area contributed by atoms with Crippen LogP contribution in [0.25, 0.3) is 0 Å². The van der Waals surface area contributed by atoms with Crippen LogP contribution in [0.1, 0.15) is 46.1 Å². The summed E-state index contributed by atoms with van der Waals surface area (Å²) >= 11 is 0. The molecule has 1 nitrogen and oxygen atoms in total. The molecule has 0 spiro atoms. The second kappa shape index (κ2) is 8.01. The number of hydrogen-bond donors (Lipinski definition) is 0. The maximum atomic E-state index is 11.2. The molecule has 0 fully saturated rings. The summed E-state index contributed by atoms with van der Waals surface area (Å²) in [6, 6.07) is 10.6. The highest BCUT2D eigenvalue weighted by Gasteiger charge is 2.22. The van der Waals surface area contributed by atoms with Crippen molar-refractivity contribution in [3.8, 4) is 0 Å². The highest BCUT2D eigenvalue weighted by molar-refractivity contribution is 8.77. The van der Waals surface area contributed by atoms with Crippen molar-refractivity contribution in [3.63, 3.8) is 0 Å². The number of rotatable bonds is 8. The van der Waals surface area contributed by atoms with Crippen LogP contribution in [0.15, 0.2) is 30.3 Å². The molecule has 0 saturated carbocycles. The molecule has 0 aliphatic carbocycles. The van der Waals surface area contributed by atoms with Crippen LogP contribution in [0.5, 0.6) is 0 Å². The molecule has 1 unspecified atom stereocenters. The second-order valence-electron chi connectivity index (χ2n) is 5.65. The maximum Gasteiger partial charge on any atom is 0.131 e. The Labute approximate surface area is 125 Å². The lowest BCUT2D eigenvalue weighted by atomic mass is 10.1. The Morgan fingerprint density at radius 1 is 1.26 bits per heavy atom. The van der Waals surface area contributed by atoms with E-state index in [9.17, 15) is 4.79 Å². The number of benzene rings is 1. The van der Waals surface area contributed by atoms with Gasteiger partial charge in [-0.3, -0.25) is 4.79 Å². The summed E-state index contributed by atoms with van der Waals surface area (Å²) in [5.74, 6) is 0.273. The first-order valence-electron chi connectivity index (χ1n) is 6.77. The minimum absolute atomic E-state index is 0.0392. The van der Waals surface area contributed by atoms with E-state index >= 15 is 0 Å². The van der Waals surface area contributed by atoms with Gasteiger partial charge >= 0.3 is 0 Å². The van der Waals surface area contributed by atoms with Gasteiger partial charge in [-0.15, -0.1) is 0 Å². The Morgan fingerprint density at radius 3 is 2.47 bits per heavy atom. The SMILES string of the molecule is CC(=O)CC(C)(C)SSC(C)CCc1ccccc1. The Bertz CT molecular complexity index is 387. The van der Waals surface area contributed by atoms with E-state index in [0.29, 0.717) is 11.7 Å². The zero-order valence-electron chi connectivity index (χ0n) is 12.3. The summed E-state index contributed by atoms with van der Waals surface area (Å²) in [7, 11) is 3.76. The molecule has 0 bridgehead atoms. The van der Waals surface area contributed by atoms with Crippen molar-refractivity contribution in [1.82, 2.24) is 0 Å². The molecule has 0 aliphatic rings. The third-order valence-corrected chi connectivity index (χ3v) is 6.68. The van der Waals surface area contributed by atoms with Crippen molar-refractivity contribution in [2.45, 2.75) is 57.0 Å². The molecule has 0 aliphatic heterocycles. The fourth-order valence-electron chi connectivity index (χ4n) is 1.90. The maximum absolute atomic E-state index is 11.2. The molecule has 0 heterocycles. The predicted molar refractivity (Wildman–Crippen MR) is 88.8 cm³/mol. The normalized spacial score (nSPS) is 13.3. The summed E-state index contributed by atoms with van der Waals surface area (Å²) in [6.07, 6.45) is 2.95. The van der Waals surface area contributed by atoms with Crippen LogP contribution in [-0.2, 0) is 11.2 Å². The number of carbonyl (C=O) groups is 1. The van der Waals surface area contributed by atoms with Crippen LogP contribution in [0.4, 0.5) is 0 Å². The fourth-order valence-corrected chi connectivity index (χ4v) is 4.54. The number of carbonyl (C=O) groups excluding carboxylic acids is 1. The Balaban J connectivity index is 2.28. The molecular formula is C16H24OS2. The van der Waals surface area contributed by atoms with Crippen LogP contribution in [0, 0.1) is 0 Å². The fraction of sp³-hybridized carbons (Fsp3) is 0.562. The van der Waals surface area contributed by atoms with E-state index < -0.39 is 0 Å². The summed E-state index contributed by atoms with van der Waals surface area (Å²) in [4.78, 5) is 11.2. The van der Waals surface area contributed by atoms with Crippen LogP contribution in [0.2, 0.25) is 0 Å². The van der Waals surface area contributed by atoms with Crippen molar-refractivity contribution < 1.29 is 4.79 Å². The van der Waals surface area contributed by atoms with Gasteiger partial charge in [0.25, 0.3) is 0 Å². The van der Waals surface area contributed by atoms with E-state index in [0.717, 1.165) is 6.42 Å². The van der Waals surface area contributed by atoms with Crippen LogP contribution < -0.4 is 0 Å². The smallest absolute Gasteiger partial charge is 0.131 e. The van der Waals surface area contributed by atoms with Gasteiger partial charge in [0.05, 0.1) is 0 Å². The lowest BCUT2D eigenvalue weighted by molar-refractivity contribution is -0.117. The van der Waals surface area contributed by atoms with E-state index in [2.05, 4.69) is 51.1 Å². The highest BCUT2D eigenvalue weighted by Crippen LogP contribution is 2.41. The van der Waals surface area contributed by atoms with E-state index in [1.807, 2.05) is 21.6 Å². The van der Waals surface area contributed by atoms with Gasteiger partial charge in [0.1, 0.15) is 5.78 Å². The minimum atomic E-state index is 0.0392. The molecule has 3 heteroatoms. The first-order valence-corrected chi connectivity index (χ1v) is 8.98. The average Bonchev–Trinajstić information content (AvgIpc) is 2.34. The first kappa shape index (κ1) is 16.6. The van der Waals surface area contributed by atoms with Gasteiger partial charge in [0, 0.05) is 16.4 Å². The first-order chi connectivity index (χ1) is 8.89. The van der Waals surface area contributed by atoms with Crippen molar-refractivity contribution in [3.05, 3.63) is 35.9 Å². The second-order valence-corrected chi connectivity index (χ2v) is 9.00. The van der Waals surface area contributed by atoms with Gasteiger partial charge < -0.3 is 0 Å². The summed E-state index contributed by atoms with van der Waals surface area (Å²) in [6.45, 7) is 8.24. The zero-order chi connectivity index (χ0) is 14.3. The van der Waals surface area contributed by atoms with Gasteiger partial charge in [0.2, 0.25) is 0 Å². The van der Waals surface area contributed by atoms with Crippen molar-refractivity contribution in [1.29, 1.82) is 0 Å². The average molecular weight is 297 g/mol. The molecule has 1 aromatic carbocycles. The van der Waals surface area contributed by atoms with Crippen molar-refractivity contribution in [2.75, 3.05) is 0 Å². The molecule has 0 radical (unpaired) electrons. The number of hydrogen-bond acceptors (Lipinski definition) is 3. The van der Waals surface area contributed by atoms with Gasteiger partial charge in [-0.1, -0.05) is 58.8 Å². The molecule has 1 rings (SSSR count). The Hall–Kier alpha value is -0.410. The van der Waals surface area contributed by atoms with Crippen LogP contribution >= 0.6 is 21.6 Å². The zero-order valence-corrected chi connectivity index (χ0v) is 13.9. The summed E-state index contributed by atoms with van der Waals surface area (Å²) in [5.41, 5.74) is 1.41. The molecule has 0 N–H and O–H groups in total. The van der Waals surface area contributed by atoms with E-state index in [1.54, 1.807) is 6.92 Å². The summed E-state index contributed by atoms with van der Waals surface area (Å²) < 4.78 is 0.0392. The Kier molecular flexibility index (Phi) is 7.01. The molecule has 0 amide bonds. The van der Waals surface area contributed by atoms with Crippen LogP contribution in [-0.4, -0.2) is 15.8 Å². The minimum Gasteiger partial charge on any atom is -0.300 e. The lowest BCUT2D eigenvalue weighted by Gasteiger charge is -2.23. The van der Waals surface area contributed by atoms with Gasteiger partial charge in [0.15, 0.2) is 0 Å². The van der Waals surface area contributed by atoms with E-state index in [1.165, 1.54) is 12.0 Å². The third-order valence-electron chi connectivity index (χ3n) is 2.80. The topological polar surface area (TPSA) is 17.1 Å². The van der Waals surface area contributed by atoms with Crippen LogP contribution in [0.3, 0.4) is 0 Å². The predicted octanol–water partition coefficient (Wildman–Crippen LogP) is 5.15. The van der Waals surface area contributed by atoms with Crippen molar-refractivity contribution in [2.24, 2.45) is 0 Å². The molecule has 1 atom stereocenters. The molecule has 19 heavy (non-hydrogen) atoms. The summed E-state index contributed by atoms with van der Waals surface area (Å²) in [5, 5.41) is 0.608. The van der Waals surface area contributed by atoms with E-state index in [-0.39, 0.29) is 10.5 Å². The van der Waals surface area contributed by atoms with Crippen molar-refractivity contribution >= 4 is 27.4 Å². The number of ketones is 1. The largest absolute Gasteiger partial charge is 0.300 e. The number of Topliss-reactive ketones (excluding diaryl/α,β-unsaturated/α-hetero) is 1. The molecule has 106 valence electrons. The van der Waals surface area contributed by atoms with Gasteiger partial charge in [-0.05, 0) is 39.2 Å². The molecule has 1 aromatic rings. The lowest BCUT2D eigenvalue weighted by Crippen LogP contribution is -2.18. The molecule has 0 aromatic heterocycles. The Morgan fingerprint density at radius 2 is 1.89 bits per heavy atom. The quantitative estimate of drug-likeness (QED) is 0.618. The standard InChI is InChI=1S/C16H24OS2/c1-13(17)12-16(3,4)19-18-14(2)10-11-15-8-6-5-7-9-15/h5-9,14H,10-12H2,1-4H3. The molecule has 0 saturated heterocycles. The number of aryl methyl sites for hydroxylation is 1. The van der Waals surface area contributed by atoms with E-state index in [4.69, 9.17) is 0 Å². The monoisotopic (exact) mass is 296 g/mol. The van der Waals surface area contributed by atoms with Gasteiger partial charge in [-0.2, -0.15) is 0 Å². The highest BCUT2D eigenvalue weighted by atomic mass is 33.1.